The van der Waals surface area contributed by atoms with Crippen LogP contribution in [0.25, 0.3) is 0 Å². The largest absolute Gasteiger partial charge is 0.450 e. The van der Waals surface area contributed by atoms with Crippen LogP contribution in [0.15, 0.2) is 0 Å². The lowest BCUT2D eigenvalue weighted by molar-refractivity contribution is 0.0542. The topological polar surface area (TPSA) is 58.6 Å². The lowest BCUT2D eigenvalue weighted by Crippen LogP contribution is -2.41. The molecule has 0 bridgehead atoms. The Hall–Kier alpha value is -0.420. The van der Waals surface area contributed by atoms with Crippen molar-refractivity contribution in [3.05, 3.63) is 0 Å². The molecule has 0 saturated carbocycles. The standard InChI is InChI=1S/C9H19NO3S/c1-4-13-8(11)10-7-9(2,12)5-6-14-3/h12H,4-7H2,1-3H3,(H,10,11)/t9-/m1/s1. The Balaban J connectivity index is 3.68. The highest BCUT2D eigenvalue weighted by atomic mass is 32.2. The van der Waals surface area contributed by atoms with Crippen LogP contribution >= 0.6 is 11.8 Å². The molecule has 0 aliphatic rings. The van der Waals surface area contributed by atoms with Gasteiger partial charge >= 0.3 is 6.09 Å². The summed E-state index contributed by atoms with van der Waals surface area (Å²) in [7, 11) is 0. The predicted octanol–water partition coefficient (Wildman–Crippen LogP) is 1.24. The van der Waals surface area contributed by atoms with Crippen molar-refractivity contribution >= 4 is 17.9 Å². The molecule has 0 aliphatic carbocycles. The second kappa shape index (κ2) is 6.95. The van der Waals surface area contributed by atoms with Crippen LogP contribution in [0.2, 0.25) is 0 Å². The van der Waals surface area contributed by atoms with Crippen LogP contribution in [0.1, 0.15) is 20.3 Å². The van der Waals surface area contributed by atoms with E-state index in [2.05, 4.69) is 10.1 Å². The lowest BCUT2D eigenvalue weighted by atomic mass is 10.0. The molecule has 2 N–H and O–H groups in total. The number of alkyl carbamates (subject to hydrolysis) is 1. The van der Waals surface area contributed by atoms with E-state index < -0.39 is 11.7 Å². The van der Waals surface area contributed by atoms with E-state index in [9.17, 15) is 9.90 Å². The van der Waals surface area contributed by atoms with Crippen LogP contribution in [0.5, 0.6) is 0 Å². The minimum absolute atomic E-state index is 0.229. The smallest absolute Gasteiger partial charge is 0.407 e. The molecule has 0 aliphatic heterocycles. The Labute approximate surface area is 89.4 Å². The molecule has 1 amide bonds. The quantitative estimate of drug-likeness (QED) is 0.708. The van der Waals surface area contributed by atoms with Crippen molar-refractivity contribution in [1.82, 2.24) is 5.32 Å². The number of amides is 1. The van der Waals surface area contributed by atoms with Gasteiger partial charge in [0, 0.05) is 6.54 Å². The summed E-state index contributed by atoms with van der Waals surface area (Å²) in [4.78, 5) is 10.9. The van der Waals surface area contributed by atoms with Crippen LogP contribution in [0.3, 0.4) is 0 Å². The van der Waals surface area contributed by atoms with Crippen LogP contribution in [0.4, 0.5) is 4.79 Å². The average Bonchev–Trinajstić information content (AvgIpc) is 2.13. The van der Waals surface area contributed by atoms with Crippen LogP contribution < -0.4 is 5.32 Å². The molecule has 14 heavy (non-hydrogen) atoms. The molecule has 0 unspecified atom stereocenters. The Morgan fingerprint density at radius 1 is 1.64 bits per heavy atom. The van der Waals surface area contributed by atoms with Crippen molar-refractivity contribution in [1.29, 1.82) is 0 Å². The Bertz CT molecular complexity index is 173. The van der Waals surface area contributed by atoms with Gasteiger partial charge in [-0.15, -0.1) is 0 Å². The van der Waals surface area contributed by atoms with E-state index in [0.29, 0.717) is 13.0 Å². The fraction of sp³-hybridized carbons (Fsp3) is 0.889. The maximum absolute atomic E-state index is 10.9. The Morgan fingerprint density at radius 2 is 2.29 bits per heavy atom. The van der Waals surface area contributed by atoms with E-state index in [4.69, 9.17) is 0 Å². The number of rotatable bonds is 6. The minimum atomic E-state index is -0.851. The molecule has 0 heterocycles. The Morgan fingerprint density at radius 3 is 2.79 bits per heavy atom. The predicted molar refractivity (Wildman–Crippen MR) is 58.6 cm³/mol. The van der Waals surface area contributed by atoms with Crippen molar-refractivity contribution in [3.63, 3.8) is 0 Å². The summed E-state index contributed by atoms with van der Waals surface area (Å²) in [5.74, 6) is 0.873. The third-order valence-corrected chi connectivity index (χ3v) is 2.35. The molecule has 0 aromatic rings. The first kappa shape index (κ1) is 13.6. The summed E-state index contributed by atoms with van der Waals surface area (Å²) in [6.45, 7) is 4.02. The minimum Gasteiger partial charge on any atom is -0.450 e. The molecule has 5 heteroatoms. The van der Waals surface area contributed by atoms with Gasteiger partial charge in [0.2, 0.25) is 0 Å². The molecule has 0 aromatic heterocycles. The van der Waals surface area contributed by atoms with Crippen molar-refractivity contribution in [3.8, 4) is 0 Å². The fourth-order valence-electron chi connectivity index (χ4n) is 0.855. The fourth-order valence-corrected chi connectivity index (χ4v) is 1.50. The number of thioether (sulfide) groups is 1. The van der Waals surface area contributed by atoms with Gasteiger partial charge in [-0.05, 0) is 32.3 Å². The van der Waals surface area contributed by atoms with Gasteiger partial charge in [0.1, 0.15) is 0 Å². The number of aliphatic hydroxyl groups is 1. The zero-order valence-electron chi connectivity index (χ0n) is 9.00. The normalized spacial score (nSPS) is 14.6. The van der Waals surface area contributed by atoms with Crippen LogP contribution in [-0.2, 0) is 4.74 Å². The second-order valence-corrected chi connectivity index (χ2v) is 4.30. The highest BCUT2D eigenvalue weighted by Crippen LogP contribution is 2.11. The van der Waals surface area contributed by atoms with Gasteiger partial charge in [0.15, 0.2) is 0 Å². The summed E-state index contributed by atoms with van der Waals surface area (Å²) >= 11 is 1.67. The van der Waals surface area contributed by atoms with Gasteiger partial charge in [-0.2, -0.15) is 11.8 Å². The zero-order valence-corrected chi connectivity index (χ0v) is 9.82. The van der Waals surface area contributed by atoms with Gasteiger partial charge < -0.3 is 15.2 Å². The molecule has 0 radical (unpaired) electrons. The number of nitrogens with one attached hydrogen (secondary N) is 1. The molecule has 0 spiro atoms. The van der Waals surface area contributed by atoms with E-state index in [1.165, 1.54) is 0 Å². The molecule has 0 rings (SSSR count). The van der Waals surface area contributed by atoms with Crippen molar-refractivity contribution in [2.24, 2.45) is 0 Å². The van der Waals surface area contributed by atoms with Gasteiger partial charge in [0.25, 0.3) is 0 Å². The number of carbonyl (C=O) groups excluding carboxylic acids is 1. The zero-order chi connectivity index (χ0) is 11.0. The first-order valence-electron chi connectivity index (χ1n) is 4.64. The molecule has 0 aromatic carbocycles. The summed E-state index contributed by atoms with van der Waals surface area (Å²) in [5, 5.41) is 12.3. The maximum atomic E-state index is 10.9. The maximum Gasteiger partial charge on any atom is 0.407 e. The molecular weight excluding hydrogens is 202 g/mol. The highest BCUT2D eigenvalue weighted by molar-refractivity contribution is 7.98. The summed E-state index contributed by atoms with van der Waals surface area (Å²) < 4.78 is 4.68. The molecular formula is C9H19NO3S. The van der Waals surface area contributed by atoms with Crippen molar-refractivity contribution in [2.45, 2.75) is 25.9 Å². The van der Waals surface area contributed by atoms with Crippen molar-refractivity contribution in [2.75, 3.05) is 25.2 Å². The van der Waals surface area contributed by atoms with Gasteiger partial charge in [-0.25, -0.2) is 4.79 Å². The summed E-state index contributed by atoms with van der Waals surface area (Å²) in [6.07, 6.45) is 2.16. The average molecular weight is 221 g/mol. The first-order valence-corrected chi connectivity index (χ1v) is 6.03. The third-order valence-electron chi connectivity index (χ3n) is 1.73. The van der Waals surface area contributed by atoms with Crippen LogP contribution in [0, 0.1) is 0 Å². The van der Waals surface area contributed by atoms with E-state index in [0.717, 1.165) is 5.75 Å². The van der Waals surface area contributed by atoms with Gasteiger partial charge in [-0.1, -0.05) is 0 Å². The molecule has 4 nitrogen and oxygen atoms in total. The first-order chi connectivity index (χ1) is 6.52. The lowest BCUT2D eigenvalue weighted by Gasteiger charge is -2.22. The molecule has 0 fully saturated rings. The van der Waals surface area contributed by atoms with E-state index >= 15 is 0 Å². The summed E-state index contributed by atoms with van der Waals surface area (Å²) in [5.41, 5.74) is -0.851. The third kappa shape index (κ3) is 7.03. The monoisotopic (exact) mass is 221 g/mol. The SMILES string of the molecule is CCOC(=O)NC[C@](C)(O)CCSC. The van der Waals surface area contributed by atoms with Gasteiger partial charge in [-0.3, -0.25) is 0 Å². The second-order valence-electron chi connectivity index (χ2n) is 3.31. The Kier molecular flexibility index (Phi) is 6.74. The van der Waals surface area contributed by atoms with Crippen molar-refractivity contribution < 1.29 is 14.6 Å². The van der Waals surface area contributed by atoms with Gasteiger partial charge in [0.05, 0.1) is 12.2 Å². The summed E-state index contributed by atoms with van der Waals surface area (Å²) in [6, 6.07) is 0. The molecule has 0 saturated heterocycles. The molecule has 84 valence electrons. The number of carbonyl (C=O) groups is 1. The number of ether oxygens (including phenoxy) is 1. The number of hydrogen-bond donors (Lipinski definition) is 2. The van der Waals surface area contributed by atoms with E-state index in [1.54, 1.807) is 25.6 Å². The highest BCUT2D eigenvalue weighted by Gasteiger charge is 2.20. The molecule has 1 atom stereocenters. The van der Waals surface area contributed by atoms with E-state index in [1.807, 2.05) is 6.26 Å². The number of hydrogen-bond acceptors (Lipinski definition) is 4. The van der Waals surface area contributed by atoms with Crippen LogP contribution in [-0.4, -0.2) is 42.0 Å². The van der Waals surface area contributed by atoms with E-state index in [-0.39, 0.29) is 6.54 Å².